The number of carboxylic acid groups (broad SMARTS) is 1. The molecule has 0 aliphatic rings. The molecular weight excluding hydrogens is 296 g/mol. The molecule has 0 heterocycles. The van der Waals surface area contributed by atoms with Gasteiger partial charge in [0.1, 0.15) is 17.5 Å². The molecule has 0 aliphatic heterocycles. The maximum absolute atomic E-state index is 11.4. The molecule has 5 N–H and O–H groups in total. The number of nitrogens with one attached hydrogen (secondary N) is 2. The number of carbonyl (C=O) groups is 1. The molecule has 0 saturated carbocycles. The van der Waals surface area contributed by atoms with Crippen LogP contribution < -0.4 is 10.6 Å². The molecule has 0 amide bonds. The third-order valence-corrected chi connectivity index (χ3v) is 3.45. The van der Waals surface area contributed by atoms with Crippen molar-refractivity contribution in [3.8, 4) is 11.5 Å². The fourth-order valence-corrected chi connectivity index (χ4v) is 2.25. The summed E-state index contributed by atoms with van der Waals surface area (Å²) in [5.41, 5.74) is 1.11. The van der Waals surface area contributed by atoms with Crippen LogP contribution in [0.15, 0.2) is 48.5 Å². The van der Waals surface area contributed by atoms with E-state index in [1.165, 1.54) is 6.07 Å². The molecule has 0 aromatic heterocycles. The summed E-state index contributed by atoms with van der Waals surface area (Å²) in [6.07, 6.45) is 0. The van der Waals surface area contributed by atoms with Crippen molar-refractivity contribution in [3.05, 3.63) is 59.7 Å². The minimum absolute atomic E-state index is 0.0467. The lowest BCUT2D eigenvalue weighted by molar-refractivity contribution is -0.139. The fraction of sp³-hybridized carbons (Fsp3) is 0.235. The summed E-state index contributed by atoms with van der Waals surface area (Å²) in [5.74, 6) is -0.868. The van der Waals surface area contributed by atoms with Crippen molar-refractivity contribution in [2.75, 3.05) is 13.1 Å². The maximum atomic E-state index is 11.4. The van der Waals surface area contributed by atoms with Gasteiger partial charge in [-0.2, -0.15) is 0 Å². The van der Waals surface area contributed by atoms with Gasteiger partial charge in [0.2, 0.25) is 0 Å². The highest BCUT2D eigenvalue weighted by Gasteiger charge is 2.21. The number of phenols is 2. The van der Waals surface area contributed by atoms with Crippen molar-refractivity contribution in [2.45, 2.75) is 12.6 Å². The SMILES string of the molecule is O=C(O)C(NCCNCc1ccccc1O)c1ccccc1O. The Morgan fingerprint density at radius 1 is 0.957 bits per heavy atom. The number of carboxylic acids is 1. The third kappa shape index (κ3) is 4.70. The number of hydrogen-bond donors (Lipinski definition) is 5. The Balaban J connectivity index is 1.83. The standard InChI is InChI=1S/C17H20N2O4/c20-14-7-3-1-5-12(14)11-18-9-10-19-16(17(22)23)13-6-2-4-8-15(13)21/h1-8,16,18-21H,9-11H2,(H,22,23). The van der Waals surface area contributed by atoms with Crippen LogP contribution in [0.25, 0.3) is 0 Å². The smallest absolute Gasteiger partial charge is 0.325 e. The average molecular weight is 316 g/mol. The number of phenolic OH excluding ortho intramolecular Hbond substituents is 2. The molecule has 2 aromatic carbocycles. The molecule has 122 valence electrons. The van der Waals surface area contributed by atoms with Gasteiger partial charge < -0.3 is 20.6 Å². The van der Waals surface area contributed by atoms with E-state index in [1.54, 1.807) is 30.3 Å². The molecule has 2 aromatic rings. The first-order valence-corrected chi connectivity index (χ1v) is 7.31. The zero-order valence-electron chi connectivity index (χ0n) is 12.6. The van der Waals surface area contributed by atoms with Crippen LogP contribution in [0.5, 0.6) is 11.5 Å². The van der Waals surface area contributed by atoms with Crippen LogP contribution in [-0.2, 0) is 11.3 Å². The number of aromatic hydroxyl groups is 2. The van der Waals surface area contributed by atoms with Crippen molar-refractivity contribution < 1.29 is 20.1 Å². The predicted molar refractivity (Wildman–Crippen MR) is 86.3 cm³/mol. The van der Waals surface area contributed by atoms with Crippen molar-refractivity contribution in [1.29, 1.82) is 0 Å². The molecule has 0 fully saturated rings. The molecule has 0 spiro atoms. The van der Waals surface area contributed by atoms with Crippen LogP contribution in [-0.4, -0.2) is 34.4 Å². The summed E-state index contributed by atoms with van der Waals surface area (Å²) in [5, 5.41) is 34.7. The number of para-hydroxylation sites is 2. The Labute approximate surface area is 134 Å². The molecular formula is C17H20N2O4. The summed E-state index contributed by atoms with van der Waals surface area (Å²) in [6.45, 7) is 1.41. The minimum Gasteiger partial charge on any atom is -0.508 e. The van der Waals surface area contributed by atoms with E-state index < -0.39 is 12.0 Å². The number of aliphatic carboxylic acids is 1. The lowest BCUT2D eigenvalue weighted by atomic mass is 10.1. The Morgan fingerprint density at radius 3 is 2.26 bits per heavy atom. The molecule has 0 saturated heterocycles. The van der Waals surface area contributed by atoms with E-state index in [-0.39, 0.29) is 11.5 Å². The van der Waals surface area contributed by atoms with E-state index in [1.807, 2.05) is 12.1 Å². The van der Waals surface area contributed by atoms with E-state index in [2.05, 4.69) is 10.6 Å². The first kappa shape index (κ1) is 16.8. The molecule has 6 heteroatoms. The Kier molecular flexibility index (Phi) is 5.96. The summed E-state index contributed by atoms with van der Waals surface area (Å²) in [7, 11) is 0. The molecule has 6 nitrogen and oxygen atoms in total. The minimum atomic E-state index is -1.05. The van der Waals surface area contributed by atoms with Crippen LogP contribution in [0.3, 0.4) is 0 Å². The van der Waals surface area contributed by atoms with Gasteiger partial charge in [-0.05, 0) is 12.1 Å². The monoisotopic (exact) mass is 316 g/mol. The van der Waals surface area contributed by atoms with Gasteiger partial charge in [-0.25, -0.2) is 0 Å². The lowest BCUT2D eigenvalue weighted by Crippen LogP contribution is -2.34. The first-order valence-electron chi connectivity index (χ1n) is 7.31. The Morgan fingerprint density at radius 2 is 1.61 bits per heavy atom. The van der Waals surface area contributed by atoms with Crippen LogP contribution in [0.2, 0.25) is 0 Å². The topological polar surface area (TPSA) is 102 Å². The van der Waals surface area contributed by atoms with Gasteiger partial charge in [-0.1, -0.05) is 36.4 Å². The molecule has 2 rings (SSSR count). The van der Waals surface area contributed by atoms with Gasteiger partial charge >= 0.3 is 5.97 Å². The average Bonchev–Trinajstić information content (AvgIpc) is 2.53. The van der Waals surface area contributed by atoms with Gasteiger partial charge in [0.15, 0.2) is 0 Å². The van der Waals surface area contributed by atoms with Gasteiger partial charge in [0.25, 0.3) is 0 Å². The quantitative estimate of drug-likeness (QED) is 0.474. The van der Waals surface area contributed by atoms with E-state index in [0.29, 0.717) is 25.2 Å². The zero-order chi connectivity index (χ0) is 16.7. The second kappa shape index (κ2) is 8.17. The van der Waals surface area contributed by atoms with Crippen molar-refractivity contribution >= 4 is 5.97 Å². The highest BCUT2D eigenvalue weighted by atomic mass is 16.4. The fourth-order valence-electron chi connectivity index (χ4n) is 2.25. The maximum Gasteiger partial charge on any atom is 0.325 e. The summed E-state index contributed by atoms with van der Waals surface area (Å²) >= 11 is 0. The van der Waals surface area contributed by atoms with Gasteiger partial charge in [0.05, 0.1) is 0 Å². The largest absolute Gasteiger partial charge is 0.508 e. The predicted octanol–water partition coefficient (Wildman–Crippen LogP) is 1.60. The second-order valence-corrected chi connectivity index (χ2v) is 5.09. The summed E-state index contributed by atoms with van der Waals surface area (Å²) in [4.78, 5) is 11.4. The van der Waals surface area contributed by atoms with E-state index >= 15 is 0 Å². The summed E-state index contributed by atoms with van der Waals surface area (Å²) in [6, 6.07) is 12.4. The van der Waals surface area contributed by atoms with Gasteiger partial charge in [-0.3, -0.25) is 10.1 Å². The second-order valence-electron chi connectivity index (χ2n) is 5.09. The molecule has 23 heavy (non-hydrogen) atoms. The number of rotatable bonds is 8. The Hall–Kier alpha value is -2.57. The zero-order valence-corrected chi connectivity index (χ0v) is 12.6. The van der Waals surface area contributed by atoms with Gasteiger partial charge in [0, 0.05) is 30.8 Å². The van der Waals surface area contributed by atoms with Gasteiger partial charge in [-0.15, -0.1) is 0 Å². The van der Waals surface area contributed by atoms with Crippen LogP contribution in [0.4, 0.5) is 0 Å². The lowest BCUT2D eigenvalue weighted by Gasteiger charge is -2.16. The van der Waals surface area contributed by atoms with Crippen LogP contribution in [0, 0.1) is 0 Å². The first-order chi connectivity index (χ1) is 11.1. The number of benzene rings is 2. The van der Waals surface area contributed by atoms with Crippen molar-refractivity contribution in [3.63, 3.8) is 0 Å². The highest BCUT2D eigenvalue weighted by Crippen LogP contribution is 2.23. The molecule has 1 atom stereocenters. The Bertz CT molecular complexity index is 661. The molecule has 1 unspecified atom stereocenters. The third-order valence-electron chi connectivity index (χ3n) is 3.45. The van der Waals surface area contributed by atoms with E-state index in [9.17, 15) is 20.1 Å². The van der Waals surface area contributed by atoms with Crippen molar-refractivity contribution in [1.82, 2.24) is 10.6 Å². The van der Waals surface area contributed by atoms with Crippen LogP contribution in [0.1, 0.15) is 17.2 Å². The van der Waals surface area contributed by atoms with Crippen LogP contribution >= 0.6 is 0 Å². The summed E-state index contributed by atoms with van der Waals surface area (Å²) < 4.78 is 0. The van der Waals surface area contributed by atoms with E-state index in [4.69, 9.17) is 0 Å². The normalized spacial score (nSPS) is 12.0. The van der Waals surface area contributed by atoms with Crippen molar-refractivity contribution in [2.24, 2.45) is 0 Å². The molecule has 0 radical (unpaired) electrons. The highest BCUT2D eigenvalue weighted by molar-refractivity contribution is 5.76. The van der Waals surface area contributed by atoms with E-state index in [0.717, 1.165) is 5.56 Å². The number of hydrogen-bond acceptors (Lipinski definition) is 5. The molecule has 0 aliphatic carbocycles. The molecule has 0 bridgehead atoms.